The first-order valence-corrected chi connectivity index (χ1v) is 14.7. The summed E-state index contributed by atoms with van der Waals surface area (Å²) in [6.45, 7) is 0. The Bertz CT molecular complexity index is 1690. The number of carbonyl (C=O) groups excluding carboxylic acids is 1. The minimum atomic E-state index is -3.89. The largest absolute Gasteiger partial charge is 0.497 e. The lowest BCUT2D eigenvalue weighted by Crippen LogP contribution is -2.26. The number of anilines is 3. The van der Waals surface area contributed by atoms with E-state index in [4.69, 9.17) is 16.3 Å². The van der Waals surface area contributed by atoms with E-state index >= 15 is 0 Å². The molecule has 0 atom stereocenters. The van der Waals surface area contributed by atoms with E-state index in [1.165, 1.54) is 74.8 Å². The van der Waals surface area contributed by atoms with Crippen LogP contribution in [-0.4, -0.2) is 36.9 Å². The Morgan fingerprint density at radius 3 is 1.97 bits per heavy atom. The number of carbonyl (C=O) groups is 1. The van der Waals surface area contributed by atoms with Crippen molar-refractivity contribution in [1.29, 1.82) is 0 Å². The highest BCUT2D eigenvalue weighted by Gasteiger charge is 2.22. The first kappa shape index (κ1) is 28.0. The second-order valence-corrected chi connectivity index (χ2v) is 12.3. The minimum Gasteiger partial charge on any atom is -0.497 e. The van der Waals surface area contributed by atoms with Gasteiger partial charge in [-0.1, -0.05) is 23.7 Å². The lowest BCUT2D eigenvalue weighted by atomic mass is 10.2. The zero-order chi connectivity index (χ0) is 28.2. The third kappa shape index (κ3) is 6.33. The fourth-order valence-electron chi connectivity index (χ4n) is 3.54. The molecule has 0 aliphatic carbocycles. The highest BCUT2D eigenvalue weighted by molar-refractivity contribution is 7.93. The van der Waals surface area contributed by atoms with Gasteiger partial charge in [0.15, 0.2) is 0 Å². The predicted molar refractivity (Wildman–Crippen MR) is 152 cm³/mol. The third-order valence-electron chi connectivity index (χ3n) is 5.75. The molecule has 4 aromatic carbocycles. The molecule has 0 saturated heterocycles. The van der Waals surface area contributed by atoms with Crippen LogP contribution in [0.2, 0.25) is 5.02 Å². The van der Waals surface area contributed by atoms with Crippen LogP contribution in [0.25, 0.3) is 0 Å². The van der Waals surface area contributed by atoms with Crippen molar-refractivity contribution in [3.63, 3.8) is 0 Å². The van der Waals surface area contributed by atoms with Gasteiger partial charge in [0.05, 0.1) is 33.3 Å². The summed E-state index contributed by atoms with van der Waals surface area (Å²) >= 11 is 6.03. The van der Waals surface area contributed by atoms with Gasteiger partial charge in [-0.15, -0.1) is 0 Å². The Kier molecular flexibility index (Phi) is 8.14. The summed E-state index contributed by atoms with van der Waals surface area (Å²) < 4.78 is 59.9. The van der Waals surface area contributed by atoms with Gasteiger partial charge < -0.3 is 10.1 Å². The number of para-hydroxylation sites is 1. The van der Waals surface area contributed by atoms with E-state index in [-0.39, 0.29) is 26.1 Å². The molecule has 0 spiro atoms. The van der Waals surface area contributed by atoms with Crippen molar-refractivity contribution >= 4 is 54.6 Å². The van der Waals surface area contributed by atoms with Gasteiger partial charge in [0, 0.05) is 18.3 Å². The number of rotatable bonds is 9. The zero-order valence-electron chi connectivity index (χ0n) is 20.8. The third-order valence-corrected chi connectivity index (χ3v) is 9.26. The van der Waals surface area contributed by atoms with Crippen LogP contribution in [0, 0.1) is 0 Å². The van der Waals surface area contributed by atoms with Crippen LogP contribution in [0.1, 0.15) is 10.4 Å². The SMILES string of the molecule is COc1ccc(S(=O)(=O)N(C)c2ccc(C(=O)Nc3ccc(S(=O)(=O)Nc4ccccc4Cl)cc3)cc2)cc1. The number of ether oxygens (including phenoxy) is 1. The Morgan fingerprint density at radius 1 is 0.795 bits per heavy atom. The van der Waals surface area contributed by atoms with Crippen molar-refractivity contribution in [3.05, 3.63) is 108 Å². The predicted octanol–water partition coefficient (Wildman–Crippen LogP) is 5.23. The molecule has 4 aromatic rings. The molecule has 4 rings (SSSR count). The molecule has 0 radical (unpaired) electrons. The molecule has 1 amide bonds. The smallest absolute Gasteiger partial charge is 0.264 e. The van der Waals surface area contributed by atoms with E-state index in [2.05, 4.69) is 10.0 Å². The average Bonchev–Trinajstić information content (AvgIpc) is 2.94. The number of methoxy groups -OCH3 is 1. The molecule has 12 heteroatoms. The van der Waals surface area contributed by atoms with Gasteiger partial charge in [-0.25, -0.2) is 16.8 Å². The van der Waals surface area contributed by atoms with E-state index in [1.807, 2.05) is 0 Å². The van der Waals surface area contributed by atoms with E-state index in [1.54, 1.807) is 36.4 Å². The van der Waals surface area contributed by atoms with Crippen LogP contribution < -0.4 is 19.1 Å². The number of nitrogens with one attached hydrogen (secondary N) is 2. The van der Waals surface area contributed by atoms with Gasteiger partial charge in [-0.05, 0) is 84.9 Å². The second-order valence-electron chi connectivity index (χ2n) is 8.26. The molecule has 202 valence electrons. The van der Waals surface area contributed by atoms with Crippen molar-refractivity contribution in [3.8, 4) is 5.75 Å². The summed E-state index contributed by atoms with van der Waals surface area (Å²) in [5.41, 5.74) is 1.27. The zero-order valence-corrected chi connectivity index (χ0v) is 23.2. The lowest BCUT2D eigenvalue weighted by Gasteiger charge is -2.20. The van der Waals surface area contributed by atoms with Crippen LogP contribution in [0.5, 0.6) is 5.75 Å². The fourth-order valence-corrected chi connectivity index (χ4v) is 6.05. The Hall–Kier alpha value is -4.06. The van der Waals surface area contributed by atoms with Crippen LogP contribution in [0.3, 0.4) is 0 Å². The maximum atomic E-state index is 13.0. The molecular weight excluding hydrogens is 562 g/mol. The summed E-state index contributed by atoms with van der Waals surface area (Å²) in [5.74, 6) is 0.0870. The molecule has 9 nitrogen and oxygen atoms in total. The molecule has 0 saturated carbocycles. The van der Waals surface area contributed by atoms with Gasteiger partial charge in [0.25, 0.3) is 26.0 Å². The van der Waals surface area contributed by atoms with E-state index in [0.29, 0.717) is 17.1 Å². The van der Waals surface area contributed by atoms with Crippen LogP contribution in [-0.2, 0) is 20.0 Å². The molecule has 0 aliphatic heterocycles. The van der Waals surface area contributed by atoms with Crippen molar-refractivity contribution in [2.75, 3.05) is 28.5 Å². The highest BCUT2D eigenvalue weighted by atomic mass is 35.5. The molecule has 0 heterocycles. The first-order chi connectivity index (χ1) is 18.5. The van der Waals surface area contributed by atoms with Crippen LogP contribution in [0.4, 0.5) is 17.1 Å². The van der Waals surface area contributed by atoms with Crippen molar-refractivity contribution in [2.45, 2.75) is 9.79 Å². The lowest BCUT2D eigenvalue weighted by molar-refractivity contribution is 0.102. The molecule has 0 aromatic heterocycles. The summed E-state index contributed by atoms with van der Waals surface area (Å²) in [5, 5.41) is 2.96. The molecule has 0 fully saturated rings. The number of nitrogens with zero attached hydrogens (tertiary/aromatic N) is 1. The number of sulfonamides is 2. The quantitative estimate of drug-likeness (QED) is 0.277. The summed E-state index contributed by atoms with van der Waals surface area (Å²) in [7, 11) is -4.80. The van der Waals surface area contributed by atoms with Gasteiger partial charge in [0.2, 0.25) is 0 Å². The number of halogens is 1. The maximum Gasteiger partial charge on any atom is 0.264 e. The molecule has 0 aliphatic rings. The van der Waals surface area contributed by atoms with Crippen LogP contribution in [0.15, 0.2) is 107 Å². The van der Waals surface area contributed by atoms with E-state index in [0.717, 1.165) is 4.31 Å². The Balaban J connectivity index is 1.43. The Morgan fingerprint density at radius 2 is 1.38 bits per heavy atom. The summed E-state index contributed by atoms with van der Waals surface area (Å²) in [4.78, 5) is 12.8. The van der Waals surface area contributed by atoms with Gasteiger partial charge in [-0.2, -0.15) is 0 Å². The standard InChI is InChI=1S/C27H24ClN3O6S2/c1-31(39(35,36)24-17-13-22(37-2)14-18-24)21-11-7-19(8-12-21)27(32)29-20-9-15-23(16-10-20)38(33,34)30-26-6-4-3-5-25(26)28/h3-18,30H,1-2H3,(H,29,32). The number of benzene rings is 4. The van der Waals surface area contributed by atoms with Crippen molar-refractivity contribution in [1.82, 2.24) is 0 Å². The molecule has 39 heavy (non-hydrogen) atoms. The minimum absolute atomic E-state index is 0.00845. The normalized spacial score (nSPS) is 11.5. The average molecular weight is 586 g/mol. The van der Waals surface area contributed by atoms with Gasteiger partial charge in [0.1, 0.15) is 5.75 Å². The monoisotopic (exact) mass is 585 g/mol. The molecule has 2 N–H and O–H groups in total. The first-order valence-electron chi connectivity index (χ1n) is 11.4. The van der Waals surface area contributed by atoms with Gasteiger partial charge >= 0.3 is 0 Å². The second kappa shape index (κ2) is 11.4. The maximum absolute atomic E-state index is 13.0. The molecular formula is C27H24ClN3O6S2. The molecule has 0 bridgehead atoms. The van der Waals surface area contributed by atoms with Crippen molar-refractivity contribution in [2.24, 2.45) is 0 Å². The molecule has 0 unspecified atom stereocenters. The summed E-state index contributed by atoms with van der Waals surface area (Å²) in [6, 6.07) is 24.2. The number of amides is 1. The van der Waals surface area contributed by atoms with Crippen molar-refractivity contribution < 1.29 is 26.4 Å². The van der Waals surface area contributed by atoms with Gasteiger partial charge in [-0.3, -0.25) is 13.8 Å². The van der Waals surface area contributed by atoms with E-state index < -0.39 is 26.0 Å². The Labute approximate surface area is 232 Å². The van der Waals surface area contributed by atoms with E-state index in [9.17, 15) is 21.6 Å². The number of hydrogen-bond donors (Lipinski definition) is 2. The number of hydrogen-bond acceptors (Lipinski definition) is 6. The highest BCUT2D eigenvalue weighted by Crippen LogP contribution is 2.26. The fraction of sp³-hybridized carbons (Fsp3) is 0.0741. The van der Waals surface area contributed by atoms with Crippen LogP contribution >= 0.6 is 11.6 Å². The topological polar surface area (TPSA) is 122 Å². The summed E-state index contributed by atoms with van der Waals surface area (Å²) in [6.07, 6.45) is 0.